The number of hydrogen-bond acceptors (Lipinski definition) is 5. The first-order chi connectivity index (χ1) is 11.4. The standard InChI is InChI=1S/C16H19F3N2O3/c1-20-13-9-22-14(21-13)12-3-2-6-15(7-12,23-8-11-4-5-11)24-10-16(17,18)19/h2-3,6,9,11,20H,4-5,7-8,10H2,1H3. The number of oxazole rings is 1. The third-order valence-corrected chi connectivity index (χ3v) is 3.86. The molecule has 5 nitrogen and oxygen atoms in total. The number of halogens is 3. The molecule has 132 valence electrons. The van der Waals surface area contributed by atoms with Crippen molar-refractivity contribution >= 4 is 11.4 Å². The van der Waals surface area contributed by atoms with Crippen molar-refractivity contribution in [3.8, 4) is 0 Å². The van der Waals surface area contributed by atoms with Gasteiger partial charge in [0.25, 0.3) is 0 Å². The number of alkyl halides is 3. The van der Waals surface area contributed by atoms with Crippen LogP contribution in [0.2, 0.25) is 0 Å². The molecule has 1 aromatic heterocycles. The summed E-state index contributed by atoms with van der Waals surface area (Å²) in [4.78, 5) is 4.22. The Morgan fingerprint density at radius 2 is 2.17 bits per heavy atom. The molecule has 1 N–H and O–H groups in total. The van der Waals surface area contributed by atoms with Crippen molar-refractivity contribution < 1.29 is 27.1 Å². The molecule has 0 saturated heterocycles. The first-order valence-corrected chi connectivity index (χ1v) is 7.76. The number of ether oxygens (including phenoxy) is 2. The highest BCUT2D eigenvalue weighted by molar-refractivity contribution is 5.64. The van der Waals surface area contributed by atoms with Gasteiger partial charge in [-0.25, -0.2) is 0 Å². The van der Waals surface area contributed by atoms with Crippen LogP contribution in [0.1, 0.15) is 25.2 Å². The summed E-state index contributed by atoms with van der Waals surface area (Å²) in [6.07, 6.45) is 4.07. The Morgan fingerprint density at radius 1 is 1.38 bits per heavy atom. The molecule has 0 aromatic carbocycles. The lowest BCUT2D eigenvalue weighted by Crippen LogP contribution is -2.39. The van der Waals surface area contributed by atoms with E-state index >= 15 is 0 Å². The highest BCUT2D eigenvalue weighted by Crippen LogP contribution is 2.38. The monoisotopic (exact) mass is 344 g/mol. The van der Waals surface area contributed by atoms with Gasteiger partial charge in [-0.3, -0.25) is 0 Å². The van der Waals surface area contributed by atoms with Crippen LogP contribution in [-0.4, -0.2) is 37.2 Å². The molecular formula is C16H19F3N2O3. The lowest BCUT2D eigenvalue weighted by Gasteiger charge is -2.33. The Morgan fingerprint density at radius 3 is 2.79 bits per heavy atom. The topological polar surface area (TPSA) is 56.5 Å². The predicted octanol–water partition coefficient (Wildman–Crippen LogP) is 3.76. The number of hydrogen-bond donors (Lipinski definition) is 1. The Kier molecular flexibility index (Phi) is 4.69. The average molecular weight is 344 g/mol. The number of aromatic nitrogens is 1. The zero-order valence-electron chi connectivity index (χ0n) is 13.2. The highest BCUT2D eigenvalue weighted by Gasteiger charge is 2.40. The SMILES string of the molecule is CNc1coc(C2=CC=CC(OCC3CC3)(OCC(F)(F)F)C2)n1. The minimum atomic E-state index is -4.42. The van der Waals surface area contributed by atoms with Gasteiger partial charge in [-0.2, -0.15) is 18.2 Å². The highest BCUT2D eigenvalue weighted by atomic mass is 19.4. The van der Waals surface area contributed by atoms with Gasteiger partial charge >= 0.3 is 6.18 Å². The van der Waals surface area contributed by atoms with E-state index in [0.29, 0.717) is 29.8 Å². The van der Waals surface area contributed by atoms with E-state index in [1.54, 1.807) is 19.2 Å². The molecule has 0 spiro atoms. The number of nitrogens with zero attached hydrogens (tertiary/aromatic N) is 1. The van der Waals surface area contributed by atoms with Gasteiger partial charge < -0.3 is 19.2 Å². The summed E-state index contributed by atoms with van der Waals surface area (Å²) in [5.74, 6) is -0.173. The van der Waals surface area contributed by atoms with Crippen molar-refractivity contribution in [1.29, 1.82) is 0 Å². The van der Waals surface area contributed by atoms with Gasteiger partial charge in [0.1, 0.15) is 12.9 Å². The largest absolute Gasteiger partial charge is 0.443 e. The van der Waals surface area contributed by atoms with Crippen LogP contribution >= 0.6 is 0 Å². The smallest absolute Gasteiger partial charge is 0.411 e. The molecule has 3 rings (SSSR count). The van der Waals surface area contributed by atoms with Crippen LogP contribution in [0.5, 0.6) is 0 Å². The van der Waals surface area contributed by atoms with E-state index in [4.69, 9.17) is 13.9 Å². The van der Waals surface area contributed by atoms with Gasteiger partial charge in [-0.05, 0) is 24.8 Å². The third-order valence-electron chi connectivity index (χ3n) is 3.86. The Bertz CT molecular complexity index is 635. The van der Waals surface area contributed by atoms with Crippen LogP contribution in [0.15, 0.2) is 28.9 Å². The first-order valence-electron chi connectivity index (χ1n) is 7.76. The fraction of sp³-hybridized carbons (Fsp3) is 0.562. The van der Waals surface area contributed by atoms with Crippen LogP contribution in [0, 0.1) is 5.92 Å². The molecule has 0 bridgehead atoms. The molecule has 1 fully saturated rings. The van der Waals surface area contributed by atoms with Gasteiger partial charge in [0.15, 0.2) is 11.6 Å². The van der Waals surface area contributed by atoms with E-state index in [-0.39, 0.29) is 6.42 Å². The second-order valence-corrected chi connectivity index (χ2v) is 5.99. The van der Waals surface area contributed by atoms with Gasteiger partial charge in [0, 0.05) is 19.0 Å². The van der Waals surface area contributed by atoms with Crippen LogP contribution in [0.3, 0.4) is 0 Å². The zero-order valence-corrected chi connectivity index (χ0v) is 13.2. The number of nitrogens with one attached hydrogen (secondary N) is 1. The van der Waals surface area contributed by atoms with Gasteiger partial charge in [0.2, 0.25) is 5.89 Å². The molecule has 0 radical (unpaired) electrons. The second-order valence-electron chi connectivity index (χ2n) is 5.99. The summed E-state index contributed by atoms with van der Waals surface area (Å²) in [5, 5.41) is 2.84. The Hall–Kier alpha value is -1.80. The number of allylic oxidation sites excluding steroid dienone is 2. The molecule has 1 heterocycles. The molecule has 24 heavy (non-hydrogen) atoms. The summed E-state index contributed by atoms with van der Waals surface area (Å²) >= 11 is 0. The fourth-order valence-electron chi connectivity index (χ4n) is 2.36. The van der Waals surface area contributed by atoms with Crippen LogP contribution in [0.4, 0.5) is 19.0 Å². The van der Waals surface area contributed by atoms with Crippen LogP contribution in [-0.2, 0) is 9.47 Å². The molecule has 1 unspecified atom stereocenters. The lowest BCUT2D eigenvalue weighted by atomic mass is 9.99. The van der Waals surface area contributed by atoms with E-state index in [1.165, 1.54) is 12.3 Å². The summed E-state index contributed by atoms with van der Waals surface area (Å²) in [5.41, 5.74) is 0.622. The minimum Gasteiger partial charge on any atom is -0.443 e. The first kappa shape index (κ1) is 17.0. The predicted molar refractivity (Wildman–Crippen MR) is 81.2 cm³/mol. The average Bonchev–Trinajstić information content (AvgIpc) is 3.26. The normalized spacial score (nSPS) is 24.1. The summed E-state index contributed by atoms with van der Waals surface area (Å²) in [7, 11) is 1.70. The quantitative estimate of drug-likeness (QED) is 0.763. The van der Waals surface area contributed by atoms with Crippen molar-refractivity contribution in [3.05, 3.63) is 30.4 Å². The van der Waals surface area contributed by atoms with Crippen LogP contribution in [0.25, 0.3) is 5.57 Å². The van der Waals surface area contributed by atoms with Crippen molar-refractivity contribution in [2.45, 2.75) is 31.2 Å². The molecule has 2 aliphatic rings. The van der Waals surface area contributed by atoms with Crippen molar-refractivity contribution in [3.63, 3.8) is 0 Å². The minimum absolute atomic E-state index is 0.107. The molecule has 1 saturated carbocycles. The van der Waals surface area contributed by atoms with E-state index in [9.17, 15) is 13.2 Å². The van der Waals surface area contributed by atoms with Crippen molar-refractivity contribution in [1.82, 2.24) is 4.98 Å². The van der Waals surface area contributed by atoms with Gasteiger partial charge in [-0.1, -0.05) is 12.2 Å². The number of anilines is 1. The van der Waals surface area contributed by atoms with Gasteiger partial charge in [-0.15, -0.1) is 0 Å². The summed E-state index contributed by atoms with van der Waals surface area (Å²) in [6.45, 7) is -0.995. The maximum absolute atomic E-state index is 12.6. The Balaban J connectivity index is 1.74. The molecule has 8 heteroatoms. The third kappa shape index (κ3) is 4.39. The van der Waals surface area contributed by atoms with E-state index in [1.807, 2.05) is 0 Å². The molecule has 0 aliphatic heterocycles. The van der Waals surface area contributed by atoms with Crippen molar-refractivity contribution in [2.24, 2.45) is 5.92 Å². The van der Waals surface area contributed by atoms with E-state index in [2.05, 4.69) is 10.3 Å². The molecule has 1 atom stereocenters. The summed E-state index contributed by atoms with van der Waals surface area (Å²) in [6, 6.07) is 0. The van der Waals surface area contributed by atoms with E-state index in [0.717, 1.165) is 12.8 Å². The lowest BCUT2D eigenvalue weighted by molar-refractivity contribution is -0.262. The molecular weight excluding hydrogens is 325 g/mol. The Labute approximate surface area is 137 Å². The molecule has 2 aliphatic carbocycles. The van der Waals surface area contributed by atoms with Gasteiger partial charge in [0.05, 0.1) is 6.61 Å². The summed E-state index contributed by atoms with van der Waals surface area (Å²) < 4.78 is 54.0. The zero-order chi connectivity index (χ0) is 17.2. The maximum atomic E-state index is 12.6. The molecule has 1 aromatic rings. The van der Waals surface area contributed by atoms with Crippen LogP contribution < -0.4 is 5.32 Å². The molecule has 0 amide bonds. The van der Waals surface area contributed by atoms with Crippen molar-refractivity contribution in [2.75, 3.05) is 25.6 Å². The van der Waals surface area contributed by atoms with E-state index < -0.39 is 18.6 Å². The second kappa shape index (κ2) is 6.60. The number of rotatable bonds is 7. The fourth-order valence-corrected chi connectivity index (χ4v) is 2.36. The maximum Gasteiger partial charge on any atom is 0.411 e.